The number of hydrogen-bond acceptors (Lipinski definition) is 6. The second-order valence-corrected chi connectivity index (χ2v) is 17.1. The van der Waals surface area contributed by atoms with Gasteiger partial charge in [-0.15, -0.1) is 0 Å². The predicted molar refractivity (Wildman–Crippen MR) is 218 cm³/mol. The largest absolute Gasteiger partial charge is 0.488 e. The summed E-state index contributed by atoms with van der Waals surface area (Å²) >= 11 is 0. The zero-order chi connectivity index (χ0) is 39.5. The fraction of sp³-hybridized carbons (Fsp3) is 0.458. The van der Waals surface area contributed by atoms with Crippen molar-refractivity contribution in [3.05, 3.63) is 107 Å². The van der Waals surface area contributed by atoms with Gasteiger partial charge in [-0.25, -0.2) is 0 Å². The summed E-state index contributed by atoms with van der Waals surface area (Å²) in [6.07, 6.45) is 6.52. The zero-order valence-corrected chi connectivity index (χ0v) is 34.4. The fourth-order valence-electron chi connectivity index (χ4n) is 6.97. The lowest BCUT2D eigenvalue weighted by atomic mass is 9.65. The van der Waals surface area contributed by atoms with Crippen LogP contribution in [0.4, 0.5) is 0 Å². The lowest BCUT2D eigenvalue weighted by Gasteiger charge is -2.40. The van der Waals surface area contributed by atoms with Crippen molar-refractivity contribution in [2.24, 2.45) is 11.3 Å². The van der Waals surface area contributed by atoms with E-state index in [4.69, 9.17) is 18.9 Å². The van der Waals surface area contributed by atoms with Gasteiger partial charge in [-0.2, -0.15) is 0 Å². The minimum Gasteiger partial charge on any atom is -0.488 e. The van der Waals surface area contributed by atoms with Crippen LogP contribution in [0.5, 0.6) is 23.0 Å². The molecule has 6 nitrogen and oxygen atoms in total. The molecule has 0 aromatic heterocycles. The predicted octanol–water partition coefficient (Wildman–Crippen LogP) is 12.1. The van der Waals surface area contributed by atoms with Crippen LogP contribution in [0.3, 0.4) is 0 Å². The molecule has 0 atom stereocenters. The molecule has 0 heterocycles. The van der Waals surface area contributed by atoms with Gasteiger partial charge in [0.25, 0.3) is 0 Å². The molecule has 4 aromatic rings. The Morgan fingerprint density at radius 2 is 1.15 bits per heavy atom. The van der Waals surface area contributed by atoms with Crippen molar-refractivity contribution in [2.75, 3.05) is 0 Å². The Labute approximate surface area is 323 Å². The van der Waals surface area contributed by atoms with E-state index in [1.54, 1.807) is 0 Å². The molecule has 0 bridgehead atoms. The first-order valence-corrected chi connectivity index (χ1v) is 19.6. The van der Waals surface area contributed by atoms with Crippen LogP contribution in [0.25, 0.3) is 11.1 Å². The lowest BCUT2D eigenvalue weighted by molar-refractivity contribution is -0.155. The van der Waals surface area contributed by atoms with E-state index in [1.165, 1.54) is 17.5 Å². The second kappa shape index (κ2) is 16.0. The van der Waals surface area contributed by atoms with Crippen LogP contribution in [-0.2, 0) is 15.0 Å². The van der Waals surface area contributed by atoms with E-state index >= 15 is 0 Å². The average Bonchev–Trinajstić information content (AvgIpc) is 3.13. The highest BCUT2D eigenvalue weighted by atomic mass is 16.5. The molecule has 0 aliphatic heterocycles. The Morgan fingerprint density at radius 1 is 0.648 bits per heavy atom. The fourth-order valence-corrected chi connectivity index (χ4v) is 6.97. The first kappa shape index (κ1) is 40.6. The van der Waals surface area contributed by atoms with Crippen molar-refractivity contribution in [3.63, 3.8) is 0 Å². The molecule has 288 valence electrons. The third kappa shape index (κ3) is 8.86. The molecule has 0 unspecified atom stereocenters. The molecular weight excluding hydrogens is 673 g/mol. The van der Waals surface area contributed by atoms with Crippen molar-refractivity contribution in [1.29, 1.82) is 0 Å². The molecule has 0 radical (unpaired) electrons. The minimum absolute atomic E-state index is 0.133. The van der Waals surface area contributed by atoms with Crippen LogP contribution >= 0.6 is 0 Å². The Hall–Kier alpha value is -4.58. The summed E-state index contributed by atoms with van der Waals surface area (Å²) in [4.78, 5) is 26.0. The van der Waals surface area contributed by atoms with E-state index in [9.17, 15) is 9.59 Å². The first-order valence-electron chi connectivity index (χ1n) is 19.6. The van der Waals surface area contributed by atoms with Gasteiger partial charge in [0, 0.05) is 5.41 Å². The Kier molecular flexibility index (Phi) is 12.1. The molecule has 1 aliphatic carbocycles. The third-order valence-electron chi connectivity index (χ3n) is 11.7. The number of carbonyl (C=O) groups is 2. The van der Waals surface area contributed by atoms with Crippen LogP contribution in [0, 0.1) is 25.2 Å². The van der Waals surface area contributed by atoms with Crippen LogP contribution in [0.2, 0.25) is 0 Å². The molecule has 1 fully saturated rings. The first-order chi connectivity index (χ1) is 25.4. The molecule has 5 rings (SSSR count). The van der Waals surface area contributed by atoms with E-state index < -0.39 is 11.0 Å². The molecule has 0 spiro atoms. The number of carbonyl (C=O) groups excluding carboxylic acids is 2. The smallest absolute Gasteiger partial charge is 0.320 e. The van der Waals surface area contributed by atoms with Gasteiger partial charge in [0.2, 0.25) is 0 Å². The van der Waals surface area contributed by atoms with Gasteiger partial charge in [0.15, 0.2) is 0 Å². The highest BCUT2D eigenvalue weighted by Crippen LogP contribution is 2.46. The highest BCUT2D eigenvalue weighted by Gasteiger charge is 2.47. The molecule has 1 saturated carbocycles. The highest BCUT2D eigenvalue weighted by molar-refractivity contribution is 5.80. The van der Waals surface area contributed by atoms with E-state index in [0.717, 1.165) is 60.1 Å². The van der Waals surface area contributed by atoms with Gasteiger partial charge < -0.3 is 18.9 Å². The summed E-state index contributed by atoms with van der Waals surface area (Å²) in [5.74, 6) is 1.90. The van der Waals surface area contributed by atoms with Gasteiger partial charge in [0.05, 0.1) is 5.92 Å². The summed E-state index contributed by atoms with van der Waals surface area (Å²) in [7, 11) is 0. The third-order valence-corrected chi connectivity index (χ3v) is 11.7. The number of rotatable bonds is 13. The maximum Gasteiger partial charge on any atom is 0.320 e. The summed E-state index contributed by atoms with van der Waals surface area (Å²) in [5, 5.41) is 0. The minimum atomic E-state index is -0.985. The molecule has 0 saturated heterocycles. The summed E-state index contributed by atoms with van der Waals surface area (Å²) in [5.41, 5.74) is 4.29. The van der Waals surface area contributed by atoms with Gasteiger partial charge >= 0.3 is 11.9 Å². The van der Waals surface area contributed by atoms with Gasteiger partial charge in [0.1, 0.15) is 39.6 Å². The maximum absolute atomic E-state index is 13.8. The monoisotopic (exact) mass is 732 g/mol. The van der Waals surface area contributed by atoms with Crippen molar-refractivity contribution >= 4 is 11.9 Å². The van der Waals surface area contributed by atoms with E-state index in [-0.39, 0.29) is 28.9 Å². The van der Waals surface area contributed by atoms with E-state index in [1.807, 2.05) is 90.9 Å². The summed E-state index contributed by atoms with van der Waals surface area (Å²) in [6.45, 7) is 21.6. The van der Waals surface area contributed by atoms with Crippen molar-refractivity contribution in [3.8, 4) is 34.1 Å². The van der Waals surface area contributed by atoms with Crippen molar-refractivity contribution in [2.45, 2.75) is 131 Å². The molecular formula is C48H60O6. The maximum atomic E-state index is 13.8. The normalized spacial score (nSPS) is 14.7. The lowest BCUT2D eigenvalue weighted by Crippen LogP contribution is -2.51. The molecule has 0 N–H and O–H groups in total. The van der Waals surface area contributed by atoms with E-state index in [0.29, 0.717) is 17.2 Å². The summed E-state index contributed by atoms with van der Waals surface area (Å²) in [6, 6.07) is 28.5. The van der Waals surface area contributed by atoms with Crippen LogP contribution < -0.4 is 18.9 Å². The van der Waals surface area contributed by atoms with E-state index in [2.05, 4.69) is 70.2 Å². The number of benzene rings is 4. The van der Waals surface area contributed by atoms with Crippen LogP contribution in [0.15, 0.2) is 84.9 Å². The topological polar surface area (TPSA) is 71.1 Å². The number of esters is 2. The SMILES string of the molecule is CCC(C)(C)Oc1ccc(-c2ccc(OC(=O)C(C)(C)C(C)(C)Oc3ccc(C4(c5ccc(OC(=O)C(C)C)cc5)CCCCC4)cc3)c(C)c2)cc1C. The number of ether oxygens (including phenoxy) is 4. The zero-order valence-electron chi connectivity index (χ0n) is 34.4. The van der Waals surface area contributed by atoms with Gasteiger partial charge in [-0.1, -0.05) is 76.4 Å². The van der Waals surface area contributed by atoms with Crippen LogP contribution in [-0.4, -0.2) is 23.1 Å². The van der Waals surface area contributed by atoms with Crippen molar-refractivity contribution in [1.82, 2.24) is 0 Å². The van der Waals surface area contributed by atoms with Crippen molar-refractivity contribution < 1.29 is 28.5 Å². The molecule has 1 aliphatic rings. The van der Waals surface area contributed by atoms with Crippen LogP contribution in [0.1, 0.15) is 123 Å². The average molecular weight is 733 g/mol. The van der Waals surface area contributed by atoms with Gasteiger partial charge in [-0.3, -0.25) is 9.59 Å². The second-order valence-electron chi connectivity index (χ2n) is 17.1. The molecule has 4 aromatic carbocycles. The Bertz CT molecular complexity index is 1930. The molecule has 6 heteroatoms. The molecule has 0 amide bonds. The quantitative estimate of drug-likeness (QED) is 0.101. The Morgan fingerprint density at radius 3 is 1.63 bits per heavy atom. The number of aryl methyl sites for hydroxylation is 2. The van der Waals surface area contributed by atoms with Gasteiger partial charge in [-0.05, 0) is 157 Å². The standard InChI is InChI=1S/C48H60O6/c1-12-45(6,7)54-42-27-17-36(31-34(42)5)35-16-26-41(33(4)30-35)52-44(50)46(8,9)47(10,11)53-40-24-20-38(21-25-40)48(28-14-13-15-29-48)37-18-22-39(23-19-37)51-43(49)32(2)3/h16-27,30-32H,12-15,28-29H2,1-11H3. The molecule has 54 heavy (non-hydrogen) atoms. The summed E-state index contributed by atoms with van der Waals surface area (Å²) < 4.78 is 24.5. The Balaban J connectivity index is 1.28. The number of hydrogen-bond donors (Lipinski definition) is 0.